The molecule has 0 saturated carbocycles. The quantitative estimate of drug-likeness (QED) is 0.254. The van der Waals surface area contributed by atoms with Crippen LogP contribution in [0.3, 0.4) is 0 Å². The lowest BCUT2D eigenvalue weighted by atomic mass is 10.2. The first kappa shape index (κ1) is 20.1. The van der Waals surface area contributed by atoms with Crippen molar-refractivity contribution in [2.45, 2.75) is 39.3 Å². The van der Waals surface area contributed by atoms with E-state index in [0.29, 0.717) is 36.2 Å². The zero-order chi connectivity index (χ0) is 20.3. The molecule has 0 aliphatic carbocycles. The summed E-state index contributed by atoms with van der Waals surface area (Å²) in [6.07, 6.45) is 0.766. The fraction of sp³-hybridized carbons (Fsp3) is 0.333. The predicted molar refractivity (Wildman–Crippen MR) is 115 cm³/mol. The minimum atomic E-state index is -1.15. The monoisotopic (exact) mass is 397 g/mol. The average Bonchev–Trinajstić information content (AvgIpc) is 2.98. The Hall–Kier alpha value is -2.64. The lowest BCUT2D eigenvalue weighted by molar-refractivity contribution is 0.0812. The Morgan fingerprint density at radius 1 is 1.14 bits per heavy atom. The number of rotatable bonds is 8. The summed E-state index contributed by atoms with van der Waals surface area (Å²) >= 11 is 0. The maximum atomic E-state index is 11.4. The van der Waals surface area contributed by atoms with E-state index >= 15 is 0 Å². The van der Waals surface area contributed by atoms with Gasteiger partial charge in [-0.15, -0.1) is 0 Å². The second-order valence-corrected chi connectivity index (χ2v) is 13.8. The number of nitrogen functional groups attached to an aromatic ring is 1. The summed E-state index contributed by atoms with van der Waals surface area (Å²) in [6, 6.07) is 12.2. The van der Waals surface area contributed by atoms with E-state index in [0.717, 1.165) is 28.8 Å². The van der Waals surface area contributed by atoms with Crippen molar-refractivity contribution in [2.24, 2.45) is 0 Å². The number of anilines is 1. The van der Waals surface area contributed by atoms with E-state index in [9.17, 15) is 4.79 Å². The summed E-state index contributed by atoms with van der Waals surface area (Å²) < 4.78 is 13.5. The van der Waals surface area contributed by atoms with Gasteiger partial charge in [0.25, 0.3) is 0 Å². The highest BCUT2D eigenvalue weighted by atomic mass is 28.3. The zero-order valence-electron chi connectivity index (χ0n) is 16.9. The standard InChI is InChI=1S/C21H27N3O3Si/c1-15-5-6-16(11-19(15)22)27-17-7-8-18-20(13-25)23-24(21(18)12-17)14-26-9-10-28(2,3)4/h5-8,11-13H,9-10,14,22H2,1-4H3. The summed E-state index contributed by atoms with van der Waals surface area (Å²) in [5, 5.41) is 5.15. The third kappa shape index (κ3) is 4.79. The van der Waals surface area contributed by atoms with Gasteiger partial charge in [-0.05, 0) is 36.7 Å². The molecule has 6 nitrogen and oxygen atoms in total. The lowest BCUT2D eigenvalue weighted by Gasteiger charge is -2.15. The molecule has 3 aromatic rings. The number of benzene rings is 2. The van der Waals surface area contributed by atoms with Crippen LogP contribution in [-0.2, 0) is 11.5 Å². The molecule has 28 heavy (non-hydrogen) atoms. The second-order valence-electron chi connectivity index (χ2n) is 8.15. The molecule has 0 aliphatic rings. The highest BCUT2D eigenvalue weighted by Gasteiger charge is 2.14. The molecule has 0 radical (unpaired) electrons. The van der Waals surface area contributed by atoms with Crippen molar-refractivity contribution < 1.29 is 14.3 Å². The number of carbonyl (C=O) groups is 1. The van der Waals surface area contributed by atoms with Crippen LogP contribution in [0.15, 0.2) is 36.4 Å². The lowest BCUT2D eigenvalue weighted by Crippen LogP contribution is -2.22. The first-order valence-electron chi connectivity index (χ1n) is 9.34. The molecular weight excluding hydrogens is 370 g/mol. The van der Waals surface area contributed by atoms with E-state index in [1.54, 1.807) is 10.7 Å². The fourth-order valence-electron chi connectivity index (χ4n) is 2.78. The number of aromatic nitrogens is 2. The molecule has 2 N–H and O–H groups in total. The maximum absolute atomic E-state index is 11.4. The van der Waals surface area contributed by atoms with Gasteiger partial charge in [0, 0.05) is 37.9 Å². The van der Waals surface area contributed by atoms with E-state index in [4.69, 9.17) is 15.2 Å². The topological polar surface area (TPSA) is 79.4 Å². The molecule has 1 heterocycles. The Bertz CT molecular complexity index is 992. The number of ether oxygens (including phenoxy) is 2. The van der Waals surface area contributed by atoms with E-state index in [1.807, 2.05) is 37.3 Å². The van der Waals surface area contributed by atoms with Crippen molar-refractivity contribution in [2.75, 3.05) is 12.3 Å². The van der Waals surface area contributed by atoms with Gasteiger partial charge in [-0.1, -0.05) is 25.7 Å². The first-order valence-corrected chi connectivity index (χ1v) is 13.0. The minimum absolute atomic E-state index is 0.301. The number of aryl methyl sites for hydroxylation is 1. The third-order valence-corrected chi connectivity index (χ3v) is 6.26. The molecule has 0 aliphatic heterocycles. The summed E-state index contributed by atoms with van der Waals surface area (Å²) in [4.78, 5) is 11.4. The molecule has 148 valence electrons. The van der Waals surface area contributed by atoms with Gasteiger partial charge in [0.2, 0.25) is 0 Å². The SMILES string of the molecule is Cc1ccc(Oc2ccc3c(C=O)nn(COCC[Si](C)(C)C)c3c2)cc1N. The van der Waals surface area contributed by atoms with Crippen LogP contribution in [0.4, 0.5) is 5.69 Å². The number of hydrogen-bond acceptors (Lipinski definition) is 5. The molecule has 2 aromatic carbocycles. The van der Waals surface area contributed by atoms with Gasteiger partial charge < -0.3 is 15.2 Å². The third-order valence-electron chi connectivity index (χ3n) is 4.56. The Morgan fingerprint density at radius 2 is 1.86 bits per heavy atom. The number of hydrogen-bond donors (Lipinski definition) is 1. The summed E-state index contributed by atoms with van der Waals surface area (Å²) in [6.45, 7) is 9.87. The van der Waals surface area contributed by atoms with Crippen LogP contribution in [0.1, 0.15) is 16.1 Å². The molecule has 0 atom stereocenters. The van der Waals surface area contributed by atoms with Crippen molar-refractivity contribution >= 4 is 31.0 Å². The number of fused-ring (bicyclic) bond motifs is 1. The Kier molecular flexibility index (Phi) is 5.86. The van der Waals surface area contributed by atoms with Gasteiger partial charge >= 0.3 is 0 Å². The van der Waals surface area contributed by atoms with E-state index in [2.05, 4.69) is 24.7 Å². The van der Waals surface area contributed by atoms with Crippen LogP contribution in [0.5, 0.6) is 11.5 Å². The van der Waals surface area contributed by atoms with Gasteiger partial charge in [0.15, 0.2) is 6.29 Å². The van der Waals surface area contributed by atoms with Gasteiger partial charge in [0.05, 0.1) is 5.52 Å². The Morgan fingerprint density at radius 3 is 2.54 bits per heavy atom. The fourth-order valence-corrected chi connectivity index (χ4v) is 3.53. The average molecular weight is 398 g/mol. The van der Waals surface area contributed by atoms with Crippen LogP contribution in [-0.4, -0.2) is 30.7 Å². The van der Waals surface area contributed by atoms with Crippen LogP contribution >= 0.6 is 0 Å². The molecule has 0 bridgehead atoms. The van der Waals surface area contributed by atoms with Gasteiger partial charge in [0.1, 0.15) is 23.9 Å². The Labute approximate surface area is 166 Å². The summed E-state index contributed by atoms with van der Waals surface area (Å²) in [7, 11) is -1.15. The molecule has 3 rings (SSSR count). The van der Waals surface area contributed by atoms with Gasteiger partial charge in [-0.3, -0.25) is 4.79 Å². The maximum Gasteiger partial charge on any atom is 0.170 e. The first-order chi connectivity index (χ1) is 13.3. The number of nitrogens with zero attached hydrogens (tertiary/aromatic N) is 2. The predicted octanol–water partition coefficient (Wildman–Crippen LogP) is 4.84. The number of aldehydes is 1. The molecular formula is C21H27N3O3Si. The number of carbonyl (C=O) groups excluding carboxylic acids is 1. The van der Waals surface area contributed by atoms with Crippen LogP contribution in [0.25, 0.3) is 10.9 Å². The van der Waals surface area contributed by atoms with Gasteiger partial charge in [-0.25, -0.2) is 4.68 Å². The largest absolute Gasteiger partial charge is 0.457 e. The summed E-state index contributed by atoms with van der Waals surface area (Å²) in [5.74, 6) is 1.31. The molecule has 7 heteroatoms. The molecule has 0 fully saturated rings. The number of nitrogens with two attached hydrogens (primary N) is 1. The normalized spacial score (nSPS) is 11.7. The smallest absolute Gasteiger partial charge is 0.170 e. The van der Waals surface area contributed by atoms with Gasteiger partial charge in [-0.2, -0.15) is 5.10 Å². The molecule has 0 amide bonds. The van der Waals surface area contributed by atoms with Crippen molar-refractivity contribution in [1.82, 2.24) is 9.78 Å². The molecule has 0 saturated heterocycles. The van der Waals surface area contributed by atoms with Crippen LogP contribution < -0.4 is 10.5 Å². The van der Waals surface area contributed by atoms with E-state index in [1.165, 1.54) is 0 Å². The Balaban J connectivity index is 1.82. The van der Waals surface area contributed by atoms with E-state index < -0.39 is 8.07 Å². The zero-order valence-corrected chi connectivity index (χ0v) is 17.9. The molecule has 0 unspecified atom stereocenters. The minimum Gasteiger partial charge on any atom is -0.457 e. The summed E-state index contributed by atoms with van der Waals surface area (Å²) in [5.41, 5.74) is 8.85. The van der Waals surface area contributed by atoms with E-state index in [-0.39, 0.29) is 0 Å². The van der Waals surface area contributed by atoms with Crippen LogP contribution in [0.2, 0.25) is 25.7 Å². The van der Waals surface area contributed by atoms with Crippen molar-refractivity contribution in [3.05, 3.63) is 47.7 Å². The second kappa shape index (κ2) is 8.16. The van der Waals surface area contributed by atoms with Crippen molar-refractivity contribution in [3.8, 4) is 11.5 Å². The van der Waals surface area contributed by atoms with Crippen LogP contribution in [0, 0.1) is 6.92 Å². The van der Waals surface area contributed by atoms with Crippen molar-refractivity contribution in [1.29, 1.82) is 0 Å². The highest BCUT2D eigenvalue weighted by molar-refractivity contribution is 6.76. The van der Waals surface area contributed by atoms with Crippen molar-refractivity contribution in [3.63, 3.8) is 0 Å². The highest BCUT2D eigenvalue weighted by Crippen LogP contribution is 2.29. The molecule has 0 spiro atoms. The molecule has 1 aromatic heterocycles.